The van der Waals surface area contributed by atoms with Crippen molar-refractivity contribution in [3.05, 3.63) is 28.3 Å². The summed E-state index contributed by atoms with van der Waals surface area (Å²) in [6, 6.07) is 3.23. The lowest BCUT2D eigenvalue weighted by Crippen LogP contribution is -2.33. The number of hydrogen-bond donors (Lipinski definition) is 2. The summed E-state index contributed by atoms with van der Waals surface area (Å²) >= 11 is 6.06. The van der Waals surface area contributed by atoms with Crippen molar-refractivity contribution in [1.82, 2.24) is 10.0 Å². The second-order valence-corrected chi connectivity index (χ2v) is 7.50. The fraction of sp³-hybridized carbons (Fsp3) is 0.600. The van der Waals surface area contributed by atoms with Gasteiger partial charge >= 0.3 is 0 Å². The Hall–Kier alpha value is -0.620. The Morgan fingerprint density at radius 1 is 1.33 bits per heavy atom. The highest BCUT2D eigenvalue weighted by Crippen LogP contribution is 2.25. The van der Waals surface area contributed by atoms with E-state index < -0.39 is 10.0 Å². The summed E-state index contributed by atoms with van der Waals surface area (Å²) in [5.74, 6) is 0. The van der Waals surface area contributed by atoms with Crippen molar-refractivity contribution in [3.63, 3.8) is 0 Å². The number of hydrogen-bond acceptors (Lipinski definition) is 3. The third-order valence-corrected chi connectivity index (χ3v) is 5.37. The average molecular weight is 333 g/mol. The number of unbranched alkanes of at least 4 members (excludes halogenated alkanes) is 1. The standard InChI is InChI=1S/C15H25ClN2O2S/c1-5-6-7-11(2)18-21(19,20)15-9-14(16)8-13(10-17-4)12(15)3/h8-9,11,17-18H,5-7,10H2,1-4H3. The largest absolute Gasteiger partial charge is 0.316 e. The summed E-state index contributed by atoms with van der Waals surface area (Å²) < 4.78 is 27.8. The van der Waals surface area contributed by atoms with E-state index in [1.807, 2.05) is 20.9 Å². The van der Waals surface area contributed by atoms with Crippen LogP contribution in [0.1, 0.15) is 44.2 Å². The van der Waals surface area contributed by atoms with Gasteiger partial charge in [-0.25, -0.2) is 13.1 Å². The molecule has 0 aromatic heterocycles. The molecule has 0 spiro atoms. The first-order chi connectivity index (χ1) is 9.81. The Balaban J connectivity index is 3.07. The van der Waals surface area contributed by atoms with Gasteiger partial charge in [-0.2, -0.15) is 0 Å². The van der Waals surface area contributed by atoms with E-state index in [1.165, 1.54) is 6.07 Å². The van der Waals surface area contributed by atoms with Crippen molar-refractivity contribution in [3.8, 4) is 0 Å². The van der Waals surface area contributed by atoms with Crippen LogP contribution >= 0.6 is 11.6 Å². The SMILES string of the molecule is CCCCC(C)NS(=O)(=O)c1cc(Cl)cc(CNC)c1C. The molecule has 0 aliphatic rings. The molecule has 0 fully saturated rings. The van der Waals surface area contributed by atoms with E-state index in [-0.39, 0.29) is 10.9 Å². The van der Waals surface area contributed by atoms with Gasteiger partial charge in [0.05, 0.1) is 4.90 Å². The maximum Gasteiger partial charge on any atom is 0.241 e. The van der Waals surface area contributed by atoms with E-state index in [0.717, 1.165) is 30.4 Å². The molecular weight excluding hydrogens is 308 g/mol. The molecule has 0 heterocycles. The normalized spacial score (nSPS) is 13.4. The minimum Gasteiger partial charge on any atom is -0.316 e. The van der Waals surface area contributed by atoms with Gasteiger partial charge in [-0.05, 0) is 50.6 Å². The molecule has 0 aliphatic heterocycles. The molecule has 0 bridgehead atoms. The monoisotopic (exact) mass is 332 g/mol. The third kappa shape index (κ3) is 5.25. The highest BCUT2D eigenvalue weighted by atomic mass is 35.5. The Bertz CT molecular complexity index is 573. The summed E-state index contributed by atoms with van der Waals surface area (Å²) in [7, 11) is -1.73. The molecular formula is C15H25ClN2O2S. The Morgan fingerprint density at radius 2 is 2.00 bits per heavy atom. The van der Waals surface area contributed by atoms with E-state index in [9.17, 15) is 8.42 Å². The molecule has 0 saturated carbocycles. The first kappa shape index (κ1) is 18.4. The zero-order valence-corrected chi connectivity index (χ0v) is 14.7. The molecule has 21 heavy (non-hydrogen) atoms. The van der Waals surface area contributed by atoms with Crippen LogP contribution in [0.2, 0.25) is 5.02 Å². The number of benzene rings is 1. The second kappa shape index (κ2) is 8.13. The number of sulfonamides is 1. The van der Waals surface area contributed by atoms with Crippen LogP contribution in [0.4, 0.5) is 0 Å². The van der Waals surface area contributed by atoms with Crippen LogP contribution in [0.5, 0.6) is 0 Å². The summed E-state index contributed by atoms with van der Waals surface area (Å²) in [6.07, 6.45) is 2.89. The zero-order valence-electron chi connectivity index (χ0n) is 13.2. The Kier molecular flexibility index (Phi) is 7.13. The van der Waals surface area contributed by atoms with Gasteiger partial charge in [0.15, 0.2) is 0 Å². The first-order valence-electron chi connectivity index (χ1n) is 7.27. The minimum absolute atomic E-state index is 0.0823. The van der Waals surface area contributed by atoms with Crippen LogP contribution in [0.3, 0.4) is 0 Å². The van der Waals surface area contributed by atoms with Crippen LogP contribution in [0, 0.1) is 6.92 Å². The molecule has 4 nitrogen and oxygen atoms in total. The maximum absolute atomic E-state index is 12.5. The fourth-order valence-electron chi connectivity index (χ4n) is 2.26. The van der Waals surface area contributed by atoms with Gasteiger partial charge in [0.1, 0.15) is 0 Å². The van der Waals surface area contributed by atoms with E-state index in [1.54, 1.807) is 6.07 Å². The summed E-state index contributed by atoms with van der Waals surface area (Å²) in [5, 5.41) is 3.46. The number of halogens is 1. The zero-order chi connectivity index (χ0) is 16.0. The van der Waals surface area contributed by atoms with E-state index in [4.69, 9.17) is 11.6 Å². The highest BCUT2D eigenvalue weighted by Gasteiger charge is 2.21. The quantitative estimate of drug-likeness (QED) is 0.768. The van der Waals surface area contributed by atoms with Crippen molar-refractivity contribution in [2.24, 2.45) is 0 Å². The molecule has 0 amide bonds. The van der Waals surface area contributed by atoms with Gasteiger partial charge in [0.2, 0.25) is 10.0 Å². The number of nitrogens with one attached hydrogen (secondary N) is 2. The lowest BCUT2D eigenvalue weighted by Gasteiger charge is -2.17. The lowest BCUT2D eigenvalue weighted by molar-refractivity contribution is 0.533. The predicted molar refractivity (Wildman–Crippen MR) is 88.3 cm³/mol. The van der Waals surface area contributed by atoms with Crippen molar-refractivity contribution in [2.45, 2.75) is 57.5 Å². The van der Waals surface area contributed by atoms with Gasteiger partial charge in [-0.1, -0.05) is 31.4 Å². The molecule has 120 valence electrons. The van der Waals surface area contributed by atoms with E-state index in [0.29, 0.717) is 11.6 Å². The summed E-state index contributed by atoms with van der Waals surface area (Å²) in [4.78, 5) is 0.267. The van der Waals surface area contributed by atoms with Crippen molar-refractivity contribution in [2.75, 3.05) is 7.05 Å². The molecule has 0 aliphatic carbocycles. The van der Waals surface area contributed by atoms with Crippen molar-refractivity contribution in [1.29, 1.82) is 0 Å². The maximum atomic E-state index is 12.5. The van der Waals surface area contributed by atoms with Gasteiger partial charge in [0.25, 0.3) is 0 Å². The molecule has 0 radical (unpaired) electrons. The van der Waals surface area contributed by atoms with E-state index >= 15 is 0 Å². The average Bonchev–Trinajstić information content (AvgIpc) is 2.39. The van der Waals surface area contributed by atoms with Crippen LogP contribution in [-0.4, -0.2) is 21.5 Å². The van der Waals surface area contributed by atoms with Crippen molar-refractivity contribution >= 4 is 21.6 Å². The van der Waals surface area contributed by atoms with E-state index in [2.05, 4.69) is 17.0 Å². The number of rotatable bonds is 8. The molecule has 2 N–H and O–H groups in total. The third-order valence-electron chi connectivity index (χ3n) is 3.44. The molecule has 1 aromatic carbocycles. The molecule has 1 aromatic rings. The van der Waals surface area contributed by atoms with Crippen LogP contribution in [0.15, 0.2) is 17.0 Å². The van der Waals surface area contributed by atoms with Gasteiger partial charge in [-0.15, -0.1) is 0 Å². The van der Waals surface area contributed by atoms with Crippen LogP contribution < -0.4 is 10.0 Å². The van der Waals surface area contributed by atoms with Crippen LogP contribution in [0.25, 0.3) is 0 Å². The fourth-order valence-corrected chi connectivity index (χ4v) is 4.16. The smallest absolute Gasteiger partial charge is 0.241 e. The van der Waals surface area contributed by atoms with Gasteiger partial charge in [-0.3, -0.25) is 0 Å². The van der Waals surface area contributed by atoms with Gasteiger partial charge in [0, 0.05) is 17.6 Å². The highest BCUT2D eigenvalue weighted by molar-refractivity contribution is 7.89. The topological polar surface area (TPSA) is 58.2 Å². The summed E-state index contributed by atoms with van der Waals surface area (Å²) in [5.41, 5.74) is 1.63. The molecule has 1 rings (SSSR count). The Labute approximate surface area is 133 Å². The van der Waals surface area contributed by atoms with Gasteiger partial charge < -0.3 is 5.32 Å². The first-order valence-corrected chi connectivity index (χ1v) is 9.13. The van der Waals surface area contributed by atoms with Crippen molar-refractivity contribution < 1.29 is 8.42 Å². The predicted octanol–water partition coefficient (Wildman–Crippen LogP) is 3.22. The second-order valence-electron chi connectivity index (χ2n) is 5.38. The molecule has 1 atom stereocenters. The molecule has 6 heteroatoms. The Morgan fingerprint density at radius 3 is 2.57 bits per heavy atom. The summed E-state index contributed by atoms with van der Waals surface area (Å²) in [6.45, 7) is 6.38. The lowest BCUT2D eigenvalue weighted by atomic mass is 10.1. The molecule has 1 unspecified atom stereocenters. The molecule has 0 saturated heterocycles. The van der Waals surface area contributed by atoms with Crippen LogP contribution in [-0.2, 0) is 16.6 Å². The minimum atomic E-state index is -3.55.